The second-order valence-electron chi connectivity index (χ2n) is 5.74. The number of aromatic nitrogens is 4. The van der Waals surface area contributed by atoms with Crippen molar-refractivity contribution in [2.24, 2.45) is 0 Å². The molecule has 116 valence electrons. The van der Waals surface area contributed by atoms with Gasteiger partial charge in [-0.1, -0.05) is 24.3 Å². The lowest BCUT2D eigenvalue weighted by Crippen LogP contribution is -2.35. The Kier molecular flexibility index (Phi) is 3.09. The van der Waals surface area contributed by atoms with Gasteiger partial charge in [0.25, 0.3) is 5.91 Å². The number of rotatable bonds is 2. The lowest BCUT2D eigenvalue weighted by Gasteiger charge is -2.21. The third kappa shape index (κ3) is 2.25. The quantitative estimate of drug-likeness (QED) is 0.739. The fraction of sp³-hybridized carbons (Fsp3) is 0.250. The molecule has 0 aliphatic carbocycles. The van der Waals surface area contributed by atoms with Crippen molar-refractivity contribution in [1.82, 2.24) is 25.3 Å². The molecule has 3 heterocycles. The number of pyridine rings is 1. The maximum atomic E-state index is 12.8. The molecule has 0 unspecified atom stereocenters. The van der Waals surface area contributed by atoms with E-state index in [1.54, 1.807) is 11.1 Å². The largest absolute Gasteiger partial charge is 0.381 e. The molecule has 1 atom stereocenters. The number of β-amino-alcohol motifs (C(OH)–C–C–N with tert-alkyl or cyclic N) is 1. The van der Waals surface area contributed by atoms with Crippen LogP contribution >= 0.6 is 0 Å². The van der Waals surface area contributed by atoms with Crippen molar-refractivity contribution in [1.29, 1.82) is 0 Å². The maximum absolute atomic E-state index is 12.8. The Labute approximate surface area is 132 Å². The molecule has 1 saturated heterocycles. The molecule has 1 aliphatic rings. The Bertz CT molecular complexity index is 859. The van der Waals surface area contributed by atoms with Gasteiger partial charge in [0.2, 0.25) is 0 Å². The molecule has 2 N–H and O–H groups in total. The molecule has 1 aromatic carbocycles. The van der Waals surface area contributed by atoms with E-state index in [4.69, 9.17) is 0 Å². The average molecular weight is 309 g/mol. The van der Waals surface area contributed by atoms with Gasteiger partial charge in [-0.2, -0.15) is 15.4 Å². The van der Waals surface area contributed by atoms with Crippen LogP contribution in [0.1, 0.15) is 22.6 Å². The van der Waals surface area contributed by atoms with Crippen molar-refractivity contribution in [2.45, 2.75) is 12.0 Å². The highest BCUT2D eigenvalue weighted by molar-refractivity contribution is 6.05. The van der Waals surface area contributed by atoms with Crippen molar-refractivity contribution >= 4 is 16.7 Å². The van der Waals surface area contributed by atoms with Crippen LogP contribution in [-0.4, -0.2) is 49.4 Å². The van der Waals surface area contributed by atoms with E-state index < -0.39 is 5.60 Å². The van der Waals surface area contributed by atoms with Gasteiger partial charge in [0, 0.05) is 24.5 Å². The van der Waals surface area contributed by atoms with Gasteiger partial charge in [-0.05, 0) is 11.5 Å². The molecule has 1 amide bonds. The van der Waals surface area contributed by atoms with Gasteiger partial charge in [-0.3, -0.25) is 9.78 Å². The molecule has 7 nitrogen and oxygen atoms in total. The summed E-state index contributed by atoms with van der Waals surface area (Å²) >= 11 is 0. The summed E-state index contributed by atoms with van der Waals surface area (Å²) in [5, 5.41) is 22.7. The lowest BCUT2D eigenvalue weighted by molar-refractivity contribution is 0.0381. The minimum absolute atomic E-state index is 0.179. The first kappa shape index (κ1) is 13.8. The van der Waals surface area contributed by atoms with E-state index in [1.165, 1.54) is 6.20 Å². The molecule has 0 radical (unpaired) electrons. The Hall–Kier alpha value is -2.80. The Balaban J connectivity index is 1.65. The molecule has 0 saturated carbocycles. The normalized spacial score (nSPS) is 21.0. The first-order valence-corrected chi connectivity index (χ1v) is 7.39. The van der Waals surface area contributed by atoms with Crippen LogP contribution in [0.3, 0.4) is 0 Å². The summed E-state index contributed by atoms with van der Waals surface area (Å²) in [6.45, 7) is 0.635. The van der Waals surface area contributed by atoms with Crippen LogP contribution in [0.5, 0.6) is 0 Å². The molecule has 7 heteroatoms. The summed E-state index contributed by atoms with van der Waals surface area (Å²) in [4.78, 5) is 18.7. The Morgan fingerprint density at radius 3 is 3.00 bits per heavy atom. The Morgan fingerprint density at radius 1 is 1.30 bits per heavy atom. The number of nitrogens with zero attached hydrogens (tertiary/aromatic N) is 4. The maximum Gasteiger partial charge on any atom is 0.273 e. The minimum Gasteiger partial charge on any atom is -0.381 e. The zero-order valence-corrected chi connectivity index (χ0v) is 12.3. The molecule has 2 aromatic heterocycles. The second kappa shape index (κ2) is 5.13. The molecule has 4 rings (SSSR count). The van der Waals surface area contributed by atoms with Crippen LogP contribution < -0.4 is 0 Å². The van der Waals surface area contributed by atoms with E-state index in [0.29, 0.717) is 24.4 Å². The number of amides is 1. The highest BCUT2D eigenvalue weighted by Crippen LogP contribution is 2.31. The summed E-state index contributed by atoms with van der Waals surface area (Å²) in [5.74, 6) is -0.179. The van der Waals surface area contributed by atoms with Crippen molar-refractivity contribution < 1.29 is 9.90 Å². The van der Waals surface area contributed by atoms with E-state index >= 15 is 0 Å². The van der Waals surface area contributed by atoms with Crippen LogP contribution in [0.15, 0.2) is 42.7 Å². The van der Waals surface area contributed by atoms with Crippen LogP contribution in [0.4, 0.5) is 0 Å². The fourth-order valence-corrected chi connectivity index (χ4v) is 3.04. The van der Waals surface area contributed by atoms with Gasteiger partial charge in [-0.25, -0.2) is 0 Å². The first-order chi connectivity index (χ1) is 11.2. The van der Waals surface area contributed by atoms with E-state index in [9.17, 15) is 9.90 Å². The Morgan fingerprint density at radius 2 is 2.17 bits per heavy atom. The molecule has 0 spiro atoms. The summed E-state index contributed by atoms with van der Waals surface area (Å²) in [6, 6.07) is 9.52. The zero-order chi connectivity index (χ0) is 15.9. The highest BCUT2D eigenvalue weighted by Gasteiger charge is 2.42. The van der Waals surface area contributed by atoms with Crippen molar-refractivity contribution in [3.8, 4) is 0 Å². The monoisotopic (exact) mass is 309 g/mol. The SMILES string of the molecule is O=C(c1nccc2ccccc12)N1CC[C@](O)(c2cn[nH]n2)C1. The summed E-state index contributed by atoms with van der Waals surface area (Å²) < 4.78 is 0. The standard InChI is InChI=1S/C16H15N5O2/c22-15(14-12-4-2-1-3-11(12)5-7-17-14)21-8-6-16(23,10-21)13-9-18-20-19-13/h1-5,7,9,23H,6,8,10H2,(H,18,19,20)/t16-/m1/s1. The minimum atomic E-state index is -1.16. The summed E-state index contributed by atoms with van der Waals surface area (Å²) in [5.41, 5.74) is -0.293. The number of carbonyl (C=O) groups excluding carboxylic acids is 1. The van der Waals surface area contributed by atoms with Crippen LogP contribution in [0.25, 0.3) is 10.8 Å². The van der Waals surface area contributed by atoms with Gasteiger partial charge in [-0.15, -0.1) is 0 Å². The van der Waals surface area contributed by atoms with Gasteiger partial charge in [0.1, 0.15) is 17.0 Å². The highest BCUT2D eigenvalue weighted by atomic mass is 16.3. The van der Waals surface area contributed by atoms with E-state index in [2.05, 4.69) is 20.4 Å². The summed E-state index contributed by atoms with van der Waals surface area (Å²) in [7, 11) is 0. The van der Waals surface area contributed by atoms with Crippen LogP contribution in [-0.2, 0) is 5.60 Å². The number of nitrogens with one attached hydrogen (secondary N) is 1. The average Bonchev–Trinajstić information content (AvgIpc) is 3.24. The van der Waals surface area contributed by atoms with Gasteiger partial charge < -0.3 is 10.0 Å². The molecule has 0 bridgehead atoms. The van der Waals surface area contributed by atoms with Crippen LogP contribution in [0.2, 0.25) is 0 Å². The van der Waals surface area contributed by atoms with Crippen LogP contribution in [0, 0.1) is 0 Å². The number of hydrogen-bond donors (Lipinski definition) is 2. The number of likely N-dealkylation sites (tertiary alicyclic amines) is 1. The zero-order valence-electron chi connectivity index (χ0n) is 12.3. The number of H-pyrrole nitrogens is 1. The van der Waals surface area contributed by atoms with E-state index in [1.807, 2.05) is 30.3 Å². The van der Waals surface area contributed by atoms with Crippen molar-refractivity contribution in [3.63, 3.8) is 0 Å². The van der Waals surface area contributed by atoms with Crippen molar-refractivity contribution in [3.05, 3.63) is 54.1 Å². The number of benzene rings is 1. The number of carbonyl (C=O) groups is 1. The molecule has 1 fully saturated rings. The molecule has 3 aromatic rings. The fourth-order valence-electron chi connectivity index (χ4n) is 3.04. The number of aliphatic hydroxyl groups is 1. The first-order valence-electron chi connectivity index (χ1n) is 7.39. The number of fused-ring (bicyclic) bond motifs is 1. The van der Waals surface area contributed by atoms with Gasteiger partial charge in [0.05, 0.1) is 12.7 Å². The third-order valence-electron chi connectivity index (χ3n) is 4.30. The lowest BCUT2D eigenvalue weighted by atomic mass is 10.00. The van der Waals surface area contributed by atoms with E-state index in [0.717, 1.165) is 10.8 Å². The van der Waals surface area contributed by atoms with Gasteiger partial charge in [0.15, 0.2) is 0 Å². The second-order valence-corrected chi connectivity index (χ2v) is 5.74. The molecular formula is C16H15N5O2. The predicted molar refractivity (Wildman–Crippen MR) is 82.5 cm³/mol. The molecular weight excluding hydrogens is 294 g/mol. The number of aromatic amines is 1. The summed E-state index contributed by atoms with van der Waals surface area (Å²) in [6.07, 6.45) is 3.55. The third-order valence-corrected chi connectivity index (χ3v) is 4.30. The molecule has 1 aliphatic heterocycles. The van der Waals surface area contributed by atoms with Crippen molar-refractivity contribution in [2.75, 3.05) is 13.1 Å². The topological polar surface area (TPSA) is 95.0 Å². The smallest absolute Gasteiger partial charge is 0.273 e. The van der Waals surface area contributed by atoms with E-state index in [-0.39, 0.29) is 12.5 Å². The number of hydrogen-bond acceptors (Lipinski definition) is 5. The predicted octanol–water partition coefficient (Wildman–Crippen LogP) is 1.09. The molecule has 23 heavy (non-hydrogen) atoms. The van der Waals surface area contributed by atoms with Gasteiger partial charge >= 0.3 is 0 Å².